The van der Waals surface area contributed by atoms with Gasteiger partial charge in [0.25, 0.3) is 5.91 Å². The van der Waals surface area contributed by atoms with Crippen LogP contribution in [0.1, 0.15) is 34.7 Å². The molecule has 0 radical (unpaired) electrons. The third-order valence-corrected chi connectivity index (χ3v) is 3.51. The summed E-state index contributed by atoms with van der Waals surface area (Å²) >= 11 is 0. The van der Waals surface area contributed by atoms with Crippen molar-refractivity contribution in [2.45, 2.75) is 18.8 Å². The average Bonchev–Trinajstić information content (AvgIpc) is 3.33. The predicted molar refractivity (Wildman–Crippen MR) is 78.3 cm³/mol. The third-order valence-electron chi connectivity index (χ3n) is 3.51. The van der Waals surface area contributed by atoms with Crippen molar-refractivity contribution in [3.05, 3.63) is 59.7 Å². The maximum absolute atomic E-state index is 11.4. The van der Waals surface area contributed by atoms with Crippen LogP contribution in [0.2, 0.25) is 0 Å². The van der Waals surface area contributed by atoms with E-state index >= 15 is 0 Å². The monoisotopic (exact) mass is 267 g/mol. The van der Waals surface area contributed by atoms with Crippen molar-refractivity contribution < 1.29 is 9.53 Å². The van der Waals surface area contributed by atoms with Gasteiger partial charge in [0, 0.05) is 12.6 Å². The van der Waals surface area contributed by atoms with Gasteiger partial charge >= 0.3 is 0 Å². The number of carbonyl (C=O) groups excluding carboxylic acids is 1. The molecule has 1 amide bonds. The first-order valence-corrected chi connectivity index (χ1v) is 6.86. The van der Waals surface area contributed by atoms with E-state index < -0.39 is 0 Å². The lowest BCUT2D eigenvalue weighted by Gasteiger charge is -2.07. The van der Waals surface area contributed by atoms with E-state index in [0.29, 0.717) is 5.56 Å². The minimum absolute atomic E-state index is 0.0923. The fourth-order valence-corrected chi connectivity index (χ4v) is 2.18. The smallest absolute Gasteiger partial charge is 0.251 e. The fraction of sp³-hybridized carbons (Fsp3) is 0.235. The highest BCUT2D eigenvalue weighted by Crippen LogP contribution is 2.40. The van der Waals surface area contributed by atoms with Crippen LogP contribution in [0.3, 0.4) is 0 Å². The molecule has 2 aromatic carbocycles. The van der Waals surface area contributed by atoms with Crippen molar-refractivity contribution in [1.82, 2.24) is 5.32 Å². The maximum Gasteiger partial charge on any atom is 0.251 e. The summed E-state index contributed by atoms with van der Waals surface area (Å²) in [6.45, 7) is 0. The van der Waals surface area contributed by atoms with Gasteiger partial charge in [-0.05, 0) is 60.7 Å². The topological polar surface area (TPSA) is 38.3 Å². The summed E-state index contributed by atoms with van der Waals surface area (Å²) < 4.78 is 5.77. The molecule has 0 unspecified atom stereocenters. The van der Waals surface area contributed by atoms with Gasteiger partial charge in [0.15, 0.2) is 0 Å². The van der Waals surface area contributed by atoms with E-state index in [-0.39, 0.29) is 5.91 Å². The van der Waals surface area contributed by atoms with Crippen molar-refractivity contribution in [2.24, 2.45) is 0 Å². The number of benzene rings is 2. The molecule has 1 N–H and O–H groups in total. The quantitative estimate of drug-likeness (QED) is 0.917. The lowest BCUT2D eigenvalue weighted by molar-refractivity contribution is 0.0963. The molecule has 1 saturated carbocycles. The minimum atomic E-state index is -0.0923. The van der Waals surface area contributed by atoms with Crippen LogP contribution in [-0.4, -0.2) is 13.0 Å². The van der Waals surface area contributed by atoms with Gasteiger partial charge in [-0.3, -0.25) is 4.79 Å². The van der Waals surface area contributed by atoms with Gasteiger partial charge in [-0.25, -0.2) is 0 Å². The Morgan fingerprint density at radius 1 is 1.00 bits per heavy atom. The molecular weight excluding hydrogens is 250 g/mol. The van der Waals surface area contributed by atoms with Gasteiger partial charge in [0.2, 0.25) is 0 Å². The number of carbonyl (C=O) groups is 1. The summed E-state index contributed by atoms with van der Waals surface area (Å²) in [7, 11) is 1.62. The Morgan fingerprint density at radius 3 is 2.05 bits per heavy atom. The Balaban J connectivity index is 1.68. The Hall–Kier alpha value is -2.29. The molecule has 0 aliphatic heterocycles. The summed E-state index contributed by atoms with van der Waals surface area (Å²) in [5, 5.41) is 2.59. The molecule has 0 aromatic heterocycles. The highest BCUT2D eigenvalue weighted by atomic mass is 16.5. The average molecular weight is 267 g/mol. The van der Waals surface area contributed by atoms with E-state index in [1.807, 2.05) is 12.1 Å². The SMILES string of the molecule is CNC(=O)c1ccc(Oc2ccc(C3CC3)cc2)cc1. The van der Waals surface area contributed by atoms with E-state index in [0.717, 1.165) is 17.4 Å². The van der Waals surface area contributed by atoms with Crippen LogP contribution in [0.25, 0.3) is 0 Å². The highest BCUT2D eigenvalue weighted by Gasteiger charge is 2.22. The molecule has 102 valence electrons. The highest BCUT2D eigenvalue weighted by molar-refractivity contribution is 5.94. The normalized spacial score (nSPS) is 13.8. The second-order valence-corrected chi connectivity index (χ2v) is 5.05. The molecule has 3 heteroatoms. The first-order valence-electron chi connectivity index (χ1n) is 6.86. The molecule has 1 aliphatic rings. The summed E-state index contributed by atoms with van der Waals surface area (Å²) in [6, 6.07) is 15.4. The van der Waals surface area contributed by atoms with E-state index in [2.05, 4.69) is 17.4 Å². The molecular formula is C17H17NO2. The molecule has 0 saturated heterocycles. The van der Waals surface area contributed by atoms with Crippen molar-refractivity contribution >= 4 is 5.91 Å². The zero-order valence-electron chi connectivity index (χ0n) is 11.4. The van der Waals surface area contributed by atoms with Crippen molar-refractivity contribution in [3.63, 3.8) is 0 Å². The third kappa shape index (κ3) is 2.82. The van der Waals surface area contributed by atoms with E-state index in [1.54, 1.807) is 31.3 Å². The predicted octanol–water partition coefficient (Wildman–Crippen LogP) is 3.72. The van der Waals surface area contributed by atoms with Gasteiger partial charge < -0.3 is 10.1 Å². The summed E-state index contributed by atoms with van der Waals surface area (Å²) in [6.07, 6.45) is 2.61. The molecule has 0 heterocycles. The van der Waals surface area contributed by atoms with Crippen LogP contribution >= 0.6 is 0 Å². The minimum Gasteiger partial charge on any atom is -0.457 e. The molecule has 1 aliphatic carbocycles. The zero-order chi connectivity index (χ0) is 13.9. The van der Waals surface area contributed by atoms with E-state index in [9.17, 15) is 4.79 Å². The number of amides is 1. The number of rotatable bonds is 4. The van der Waals surface area contributed by atoms with Crippen LogP contribution in [-0.2, 0) is 0 Å². The zero-order valence-corrected chi connectivity index (χ0v) is 11.4. The first-order chi connectivity index (χ1) is 9.76. The summed E-state index contributed by atoms with van der Waals surface area (Å²) in [5.41, 5.74) is 2.02. The summed E-state index contributed by atoms with van der Waals surface area (Å²) in [5.74, 6) is 2.22. The van der Waals surface area contributed by atoms with Crippen molar-refractivity contribution in [1.29, 1.82) is 0 Å². The molecule has 2 aromatic rings. The Labute approximate surface area is 118 Å². The second kappa shape index (κ2) is 5.37. The Morgan fingerprint density at radius 2 is 1.55 bits per heavy atom. The Bertz CT molecular complexity index is 598. The van der Waals surface area contributed by atoms with Crippen LogP contribution in [0.15, 0.2) is 48.5 Å². The number of nitrogens with one attached hydrogen (secondary N) is 1. The number of hydrogen-bond acceptors (Lipinski definition) is 2. The molecule has 0 spiro atoms. The maximum atomic E-state index is 11.4. The lowest BCUT2D eigenvalue weighted by Crippen LogP contribution is -2.17. The number of hydrogen-bond donors (Lipinski definition) is 1. The van der Waals surface area contributed by atoms with Crippen molar-refractivity contribution in [2.75, 3.05) is 7.05 Å². The van der Waals surface area contributed by atoms with Gasteiger partial charge in [-0.2, -0.15) is 0 Å². The van der Waals surface area contributed by atoms with Gasteiger partial charge in [-0.15, -0.1) is 0 Å². The van der Waals surface area contributed by atoms with Crippen LogP contribution in [0, 0.1) is 0 Å². The van der Waals surface area contributed by atoms with E-state index in [1.165, 1.54) is 18.4 Å². The van der Waals surface area contributed by atoms with Crippen molar-refractivity contribution in [3.8, 4) is 11.5 Å². The molecule has 0 bridgehead atoms. The van der Waals surface area contributed by atoms with Crippen LogP contribution < -0.4 is 10.1 Å². The molecule has 3 nitrogen and oxygen atoms in total. The summed E-state index contributed by atoms with van der Waals surface area (Å²) in [4.78, 5) is 11.4. The second-order valence-electron chi connectivity index (χ2n) is 5.05. The van der Waals surface area contributed by atoms with Crippen LogP contribution in [0.4, 0.5) is 0 Å². The first kappa shape index (κ1) is 12.7. The van der Waals surface area contributed by atoms with Gasteiger partial charge in [-0.1, -0.05) is 12.1 Å². The largest absolute Gasteiger partial charge is 0.457 e. The van der Waals surface area contributed by atoms with E-state index in [4.69, 9.17) is 4.74 Å². The van der Waals surface area contributed by atoms with Gasteiger partial charge in [0.1, 0.15) is 11.5 Å². The van der Waals surface area contributed by atoms with Gasteiger partial charge in [0.05, 0.1) is 0 Å². The van der Waals surface area contributed by atoms with Crippen LogP contribution in [0.5, 0.6) is 11.5 Å². The molecule has 20 heavy (non-hydrogen) atoms. The molecule has 3 rings (SSSR count). The lowest BCUT2D eigenvalue weighted by atomic mass is 10.1. The molecule has 0 atom stereocenters. The Kier molecular flexibility index (Phi) is 3.42. The standard InChI is InChI=1S/C17H17NO2/c1-18-17(19)14-6-10-16(11-7-14)20-15-8-4-13(5-9-15)12-2-3-12/h4-12H,2-3H2,1H3,(H,18,19). The fourth-order valence-electron chi connectivity index (χ4n) is 2.18. The number of ether oxygens (including phenoxy) is 1. The molecule has 1 fully saturated rings.